The highest BCUT2D eigenvalue weighted by Crippen LogP contribution is 2.34. The monoisotopic (exact) mass is 451 g/mol. The molecule has 1 saturated carbocycles. The van der Waals surface area contributed by atoms with Gasteiger partial charge in [0.15, 0.2) is 5.82 Å². The van der Waals surface area contributed by atoms with Gasteiger partial charge in [-0.1, -0.05) is 43.0 Å². The lowest BCUT2D eigenvalue weighted by Crippen LogP contribution is -2.48. The van der Waals surface area contributed by atoms with E-state index in [1.54, 1.807) is 0 Å². The molecule has 1 aliphatic heterocycles. The van der Waals surface area contributed by atoms with Gasteiger partial charge in [0.25, 0.3) is 0 Å². The lowest BCUT2D eigenvalue weighted by atomic mass is 9.95. The molecule has 0 bridgehead atoms. The number of aromatic nitrogens is 5. The number of hydrogen-bond donors (Lipinski definition) is 0. The number of pyridine rings is 1. The van der Waals surface area contributed by atoms with Crippen molar-refractivity contribution in [2.24, 2.45) is 0 Å². The van der Waals surface area contributed by atoms with Gasteiger partial charge in [-0.25, -0.2) is 4.68 Å². The molecule has 2 fully saturated rings. The maximum atomic E-state index is 6.29. The van der Waals surface area contributed by atoms with Crippen LogP contribution in [0.2, 0.25) is 5.02 Å². The Balaban J connectivity index is 1.41. The molecular weight excluding hydrogens is 422 g/mol. The average Bonchev–Trinajstić information content (AvgIpc) is 3.32. The molecule has 32 heavy (non-hydrogen) atoms. The second-order valence-electron chi connectivity index (χ2n) is 8.92. The third-order valence-electron chi connectivity index (χ3n) is 6.87. The van der Waals surface area contributed by atoms with Crippen molar-refractivity contribution in [2.45, 2.75) is 51.1 Å². The minimum Gasteiger partial charge on any atom is -0.369 e. The smallest absolute Gasteiger partial charge is 0.173 e. The summed E-state index contributed by atoms with van der Waals surface area (Å²) in [6.45, 7) is 5.85. The van der Waals surface area contributed by atoms with E-state index < -0.39 is 0 Å². The summed E-state index contributed by atoms with van der Waals surface area (Å²) in [7, 11) is 0. The molecule has 1 aromatic carbocycles. The number of hydrogen-bond acceptors (Lipinski definition) is 6. The van der Waals surface area contributed by atoms with Gasteiger partial charge in [-0.05, 0) is 59.5 Å². The molecule has 2 aliphatic rings. The van der Waals surface area contributed by atoms with Gasteiger partial charge >= 0.3 is 0 Å². The third kappa shape index (κ3) is 4.36. The molecule has 7 nitrogen and oxygen atoms in total. The molecule has 8 heteroatoms. The molecule has 0 radical (unpaired) electrons. The zero-order valence-corrected chi connectivity index (χ0v) is 19.3. The number of anilines is 1. The summed E-state index contributed by atoms with van der Waals surface area (Å²) in [5.41, 5.74) is 3.63. The van der Waals surface area contributed by atoms with Gasteiger partial charge in [-0.2, -0.15) is 0 Å². The second kappa shape index (κ2) is 9.55. The number of tetrazole rings is 1. The number of aryl methyl sites for hydroxylation is 1. The van der Waals surface area contributed by atoms with E-state index in [-0.39, 0.29) is 6.04 Å². The van der Waals surface area contributed by atoms with E-state index in [0.29, 0.717) is 6.04 Å². The third-order valence-corrected chi connectivity index (χ3v) is 7.11. The van der Waals surface area contributed by atoms with Crippen LogP contribution in [-0.4, -0.2) is 56.3 Å². The summed E-state index contributed by atoms with van der Waals surface area (Å²) in [5.74, 6) is 0.942. The Hall–Kier alpha value is -2.51. The summed E-state index contributed by atoms with van der Waals surface area (Å²) in [4.78, 5) is 9.34. The van der Waals surface area contributed by atoms with Gasteiger partial charge in [0.05, 0.1) is 12.1 Å². The standard InChI is InChI=1S/C24H30ClN7/c1-18-9-10-20(25)16-22(18)30-12-14-31(15-13-30)23(19-6-5-11-26-17-19)24-27-28-29-32(24)21-7-3-2-4-8-21/h5-6,9-11,16-17,21,23H,2-4,7-8,12-15H2,1H3/t23-/m1/s1. The molecule has 0 amide bonds. The first-order valence-electron chi connectivity index (χ1n) is 11.6. The van der Waals surface area contributed by atoms with Crippen molar-refractivity contribution < 1.29 is 0 Å². The van der Waals surface area contributed by atoms with Crippen LogP contribution in [-0.2, 0) is 0 Å². The second-order valence-corrected chi connectivity index (χ2v) is 9.35. The Morgan fingerprint density at radius 3 is 2.59 bits per heavy atom. The summed E-state index contributed by atoms with van der Waals surface area (Å²) >= 11 is 6.29. The van der Waals surface area contributed by atoms with Gasteiger partial charge in [0.1, 0.15) is 0 Å². The molecule has 3 heterocycles. The Morgan fingerprint density at radius 1 is 1.03 bits per heavy atom. The van der Waals surface area contributed by atoms with Crippen LogP contribution in [0.3, 0.4) is 0 Å². The molecule has 0 spiro atoms. The number of rotatable bonds is 5. The fraction of sp³-hybridized carbons (Fsp3) is 0.500. The van der Waals surface area contributed by atoms with E-state index in [0.717, 1.165) is 55.4 Å². The van der Waals surface area contributed by atoms with Gasteiger partial charge in [0.2, 0.25) is 0 Å². The summed E-state index contributed by atoms with van der Waals surface area (Å²) in [6.07, 6.45) is 9.89. The molecule has 1 atom stereocenters. The van der Waals surface area contributed by atoms with Crippen LogP contribution in [0.1, 0.15) is 61.1 Å². The average molecular weight is 452 g/mol. The maximum absolute atomic E-state index is 6.29. The molecule has 3 aromatic rings. The molecule has 1 aliphatic carbocycles. The number of nitrogens with zero attached hydrogens (tertiary/aromatic N) is 7. The van der Waals surface area contributed by atoms with Gasteiger partial charge in [0, 0.05) is 49.3 Å². The van der Waals surface area contributed by atoms with Crippen molar-refractivity contribution >= 4 is 17.3 Å². The lowest BCUT2D eigenvalue weighted by molar-refractivity contribution is 0.193. The van der Waals surface area contributed by atoms with Gasteiger partial charge in [-0.15, -0.1) is 5.10 Å². The maximum Gasteiger partial charge on any atom is 0.173 e. The predicted molar refractivity (Wildman–Crippen MR) is 126 cm³/mol. The SMILES string of the molecule is Cc1ccc(Cl)cc1N1CCN([C@H](c2cccnc2)c2nnnn2C2CCCCC2)CC1. The molecule has 5 rings (SSSR count). The fourth-order valence-corrected chi connectivity index (χ4v) is 5.34. The highest BCUT2D eigenvalue weighted by Gasteiger charge is 2.33. The van der Waals surface area contributed by atoms with Crippen molar-refractivity contribution in [2.75, 3.05) is 31.1 Å². The van der Waals surface area contributed by atoms with Crippen molar-refractivity contribution in [3.8, 4) is 0 Å². The van der Waals surface area contributed by atoms with E-state index >= 15 is 0 Å². The van der Waals surface area contributed by atoms with E-state index in [9.17, 15) is 0 Å². The Kier molecular flexibility index (Phi) is 6.37. The van der Waals surface area contributed by atoms with Gasteiger partial charge in [-0.3, -0.25) is 9.88 Å². The molecule has 168 valence electrons. The molecular formula is C24H30ClN7. The minimum atomic E-state index is 0.00300. The fourth-order valence-electron chi connectivity index (χ4n) is 5.17. The molecule has 1 saturated heterocycles. The van der Waals surface area contributed by atoms with Crippen LogP contribution in [0.4, 0.5) is 5.69 Å². The van der Waals surface area contributed by atoms with Crippen LogP contribution >= 0.6 is 11.6 Å². The highest BCUT2D eigenvalue weighted by atomic mass is 35.5. The van der Waals surface area contributed by atoms with Crippen molar-refractivity contribution in [1.82, 2.24) is 30.1 Å². The first kappa shape index (κ1) is 21.3. The Bertz CT molecular complexity index is 1020. The van der Waals surface area contributed by atoms with Crippen molar-refractivity contribution in [3.05, 3.63) is 64.7 Å². The van der Waals surface area contributed by atoms with E-state index in [4.69, 9.17) is 11.6 Å². The summed E-state index contributed by atoms with van der Waals surface area (Å²) in [6, 6.07) is 10.7. The zero-order chi connectivity index (χ0) is 21.9. The predicted octanol–water partition coefficient (Wildman–Crippen LogP) is 4.45. The summed E-state index contributed by atoms with van der Waals surface area (Å²) < 4.78 is 2.10. The van der Waals surface area contributed by atoms with Crippen molar-refractivity contribution in [1.29, 1.82) is 0 Å². The number of halogens is 1. The minimum absolute atomic E-state index is 0.00300. The lowest BCUT2D eigenvalue weighted by Gasteiger charge is -2.40. The summed E-state index contributed by atoms with van der Waals surface area (Å²) in [5, 5.41) is 13.9. The first-order valence-corrected chi connectivity index (χ1v) is 12.0. The highest BCUT2D eigenvalue weighted by molar-refractivity contribution is 6.30. The van der Waals surface area contributed by atoms with Crippen LogP contribution in [0.15, 0.2) is 42.7 Å². The largest absolute Gasteiger partial charge is 0.369 e. The topological polar surface area (TPSA) is 63.0 Å². The van der Waals surface area contributed by atoms with Crippen LogP contribution in [0, 0.1) is 6.92 Å². The Labute approximate surface area is 194 Å². The van der Waals surface area contributed by atoms with E-state index in [2.05, 4.69) is 60.1 Å². The molecule has 2 aromatic heterocycles. The van der Waals surface area contributed by atoms with Crippen LogP contribution in [0.5, 0.6) is 0 Å². The van der Waals surface area contributed by atoms with Crippen molar-refractivity contribution in [3.63, 3.8) is 0 Å². The molecule has 0 unspecified atom stereocenters. The quantitative estimate of drug-likeness (QED) is 0.571. The zero-order valence-electron chi connectivity index (χ0n) is 18.6. The van der Waals surface area contributed by atoms with Crippen LogP contribution in [0.25, 0.3) is 0 Å². The number of benzene rings is 1. The van der Waals surface area contributed by atoms with Crippen LogP contribution < -0.4 is 4.90 Å². The molecule has 0 N–H and O–H groups in total. The van der Waals surface area contributed by atoms with Gasteiger partial charge < -0.3 is 4.90 Å². The van der Waals surface area contributed by atoms with E-state index in [1.807, 2.05) is 24.5 Å². The van der Waals surface area contributed by atoms with E-state index in [1.165, 1.54) is 30.5 Å². The first-order chi connectivity index (χ1) is 15.7. The normalized spacial score (nSPS) is 19.2. The Morgan fingerprint density at radius 2 is 1.84 bits per heavy atom. The number of piperazine rings is 1.